The van der Waals surface area contributed by atoms with Crippen LogP contribution in [-0.2, 0) is 12.8 Å². The Bertz CT molecular complexity index is 413. The lowest BCUT2D eigenvalue weighted by Gasteiger charge is -2.16. The number of nitrogens with two attached hydrogens (primary N) is 1. The van der Waals surface area contributed by atoms with Crippen molar-refractivity contribution in [3.63, 3.8) is 0 Å². The maximum atomic E-state index is 6.15. The molecule has 1 aliphatic carbocycles. The first-order chi connectivity index (χ1) is 8.24. The molecular weight excluding hydrogens is 208 g/mol. The monoisotopic (exact) mass is 230 g/mol. The van der Waals surface area contributed by atoms with Crippen LogP contribution in [0, 0.1) is 5.92 Å². The molecule has 92 valence electrons. The summed E-state index contributed by atoms with van der Waals surface area (Å²) in [5.41, 5.74) is 10.6. The van der Waals surface area contributed by atoms with E-state index in [-0.39, 0.29) is 0 Å². The predicted octanol–water partition coefficient (Wildman–Crippen LogP) is 2.35. The highest BCUT2D eigenvalue weighted by Gasteiger charge is 2.24. The Morgan fingerprint density at radius 2 is 2.24 bits per heavy atom. The molecule has 2 heteroatoms. The van der Waals surface area contributed by atoms with Gasteiger partial charge in [0, 0.05) is 25.3 Å². The van der Waals surface area contributed by atoms with Crippen LogP contribution in [0.3, 0.4) is 0 Å². The van der Waals surface area contributed by atoms with Gasteiger partial charge in [-0.2, -0.15) is 0 Å². The van der Waals surface area contributed by atoms with Gasteiger partial charge in [-0.1, -0.05) is 18.6 Å². The summed E-state index contributed by atoms with van der Waals surface area (Å²) in [6.07, 6.45) is 6.24. The summed E-state index contributed by atoms with van der Waals surface area (Å²) in [5, 5.41) is 0. The van der Waals surface area contributed by atoms with Crippen LogP contribution < -0.4 is 10.6 Å². The van der Waals surface area contributed by atoms with Crippen LogP contribution >= 0.6 is 0 Å². The van der Waals surface area contributed by atoms with Crippen LogP contribution in [0.4, 0.5) is 5.69 Å². The van der Waals surface area contributed by atoms with Gasteiger partial charge in [-0.05, 0) is 48.8 Å². The number of hydrogen-bond donors (Lipinski definition) is 1. The Labute approximate surface area is 104 Å². The average molecular weight is 230 g/mol. The Morgan fingerprint density at radius 1 is 1.35 bits per heavy atom. The molecule has 0 aromatic heterocycles. The van der Waals surface area contributed by atoms with E-state index in [1.807, 2.05) is 0 Å². The number of rotatable bonds is 2. The number of benzene rings is 1. The van der Waals surface area contributed by atoms with Gasteiger partial charge in [0.1, 0.15) is 0 Å². The van der Waals surface area contributed by atoms with E-state index in [4.69, 9.17) is 5.73 Å². The molecule has 1 fully saturated rings. The standard InChI is InChI=1S/C15H22N2/c1-17-8-7-13-10-11(5-6-15(13)17)9-12-3-2-4-14(12)16/h5-6,10,12,14H,2-4,7-9,16H2,1H3. The topological polar surface area (TPSA) is 29.3 Å². The highest BCUT2D eigenvalue weighted by molar-refractivity contribution is 5.58. The zero-order valence-electron chi connectivity index (χ0n) is 10.7. The van der Waals surface area contributed by atoms with Crippen molar-refractivity contribution in [2.45, 2.75) is 38.1 Å². The molecule has 0 amide bonds. The number of likely N-dealkylation sites (N-methyl/N-ethyl adjacent to an activating group) is 1. The van der Waals surface area contributed by atoms with Crippen molar-refractivity contribution in [1.29, 1.82) is 0 Å². The summed E-state index contributed by atoms with van der Waals surface area (Å²) in [6.45, 7) is 1.17. The first-order valence-corrected chi connectivity index (χ1v) is 6.82. The average Bonchev–Trinajstić information content (AvgIpc) is 2.87. The quantitative estimate of drug-likeness (QED) is 0.845. The summed E-state index contributed by atoms with van der Waals surface area (Å²) in [7, 11) is 2.18. The summed E-state index contributed by atoms with van der Waals surface area (Å²) in [4.78, 5) is 2.35. The largest absolute Gasteiger partial charge is 0.374 e. The lowest BCUT2D eigenvalue weighted by molar-refractivity contribution is 0.479. The third kappa shape index (κ3) is 2.06. The summed E-state index contributed by atoms with van der Waals surface area (Å²) >= 11 is 0. The van der Waals surface area contributed by atoms with Crippen LogP contribution in [0.2, 0.25) is 0 Å². The van der Waals surface area contributed by atoms with E-state index in [0.717, 1.165) is 0 Å². The molecule has 0 bridgehead atoms. The predicted molar refractivity (Wildman–Crippen MR) is 72.4 cm³/mol. The van der Waals surface area contributed by atoms with Crippen molar-refractivity contribution < 1.29 is 0 Å². The van der Waals surface area contributed by atoms with Gasteiger partial charge in [-0.15, -0.1) is 0 Å². The smallest absolute Gasteiger partial charge is 0.0397 e. The van der Waals surface area contributed by atoms with Gasteiger partial charge >= 0.3 is 0 Å². The molecule has 0 saturated heterocycles. The van der Waals surface area contributed by atoms with E-state index in [9.17, 15) is 0 Å². The first kappa shape index (κ1) is 11.1. The van der Waals surface area contributed by atoms with Gasteiger partial charge in [-0.25, -0.2) is 0 Å². The molecule has 2 unspecified atom stereocenters. The van der Waals surface area contributed by atoms with Gasteiger partial charge in [0.15, 0.2) is 0 Å². The molecule has 0 radical (unpaired) electrons. The summed E-state index contributed by atoms with van der Waals surface area (Å²) < 4.78 is 0. The molecule has 2 aliphatic rings. The molecule has 1 aromatic rings. The van der Waals surface area contributed by atoms with Gasteiger partial charge in [0.2, 0.25) is 0 Å². The number of nitrogens with zero attached hydrogens (tertiary/aromatic N) is 1. The molecule has 3 rings (SSSR count). The molecule has 1 heterocycles. The number of anilines is 1. The molecule has 2 nitrogen and oxygen atoms in total. The van der Waals surface area contributed by atoms with Gasteiger partial charge < -0.3 is 10.6 Å². The number of fused-ring (bicyclic) bond motifs is 1. The highest BCUT2D eigenvalue weighted by atomic mass is 15.1. The van der Waals surface area contributed by atoms with Crippen molar-refractivity contribution in [3.05, 3.63) is 29.3 Å². The van der Waals surface area contributed by atoms with Crippen LogP contribution in [0.15, 0.2) is 18.2 Å². The van der Waals surface area contributed by atoms with E-state index in [1.54, 1.807) is 0 Å². The minimum absolute atomic E-state index is 0.436. The van der Waals surface area contributed by atoms with E-state index >= 15 is 0 Å². The normalized spacial score (nSPS) is 27.5. The fraction of sp³-hybridized carbons (Fsp3) is 0.600. The van der Waals surface area contributed by atoms with Crippen molar-refractivity contribution in [1.82, 2.24) is 0 Å². The fourth-order valence-electron chi connectivity index (χ4n) is 3.37. The van der Waals surface area contributed by atoms with Gasteiger partial charge in [-0.3, -0.25) is 0 Å². The molecule has 17 heavy (non-hydrogen) atoms. The van der Waals surface area contributed by atoms with E-state index < -0.39 is 0 Å². The Balaban J connectivity index is 1.76. The molecule has 2 N–H and O–H groups in total. The summed E-state index contributed by atoms with van der Waals surface area (Å²) in [5.74, 6) is 0.715. The Kier molecular flexibility index (Phi) is 2.83. The van der Waals surface area contributed by atoms with Crippen molar-refractivity contribution in [2.24, 2.45) is 11.7 Å². The van der Waals surface area contributed by atoms with Crippen LogP contribution in [0.1, 0.15) is 30.4 Å². The van der Waals surface area contributed by atoms with Crippen molar-refractivity contribution >= 4 is 5.69 Å². The van der Waals surface area contributed by atoms with Crippen LogP contribution in [0.5, 0.6) is 0 Å². The molecule has 1 aromatic carbocycles. The minimum Gasteiger partial charge on any atom is -0.374 e. The van der Waals surface area contributed by atoms with Gasteiger partial charge in [0.25, 0.3) is 0 Å². The first-order valence-electron chi connectivity index (χ1n) is 6.82. The lowest BCUT2D eigenvalue weighted by atomic mass is 9.94. The van der Waals surface area contributed by atoms with E-state index in [2.05, 4.69) is 30.1 Å². The van der Waals surface area contributed by atoms with Crippen molar-refractivity contribution in [2.75, 3.05) is 18.5 Å². The molecule has 0 spiro atoms. The zero-order valence-corrected chi connectivity index (χ0v) is 10.7. The third-order valence-electron chi connectivity index (χ3n) is 4.49. The van der Waals surface area contributed by atoms with E-state index in [1.165, 1.54) is 55.5 Å². The molecule has 1 aliphatic heterocycles. The van der Waals surface area contributed by atoms with Crippen LogP contribution in [-0.4, -0.2) is 19.6 Å². The second kappa shape index (κ2) is 4.34. The zero-order chi connectivity index (χ0) is 11.8. The van der Waals surface area contributed by atoms with E-state index in [0.29, 0.717) is 12.0 Å². The maximum absolute atomic E-state index is 6.15. The van der Waals surface area contributed by atoms with Crippen molar-refractivity contribution in [3.8, 4) is 0 Å². The third-order valence-corrected chi connectivity index (χ3v) is 4.49. The second-order valence-electron chi connectivity index (χ2n) is 5.69. The molecule has 2 atom stereocenters. The van der Waals surface area contributed by atoms with Gasteiger partial charge in [0.05, 0.1) is 0 Å². The molecule has 1 saturated carbocycles. The lowest BCUT2D eigenvalue weighted by Crippen LogP contribution is -2.25. The Morgan fingerprint density at radius 3 is 3.00 bits per heavy atom. The number of hydrogen-bond acceptors (Lipinski definition) is 2. The second-order valence-corrected chi connectivity index (χ2v) is 5.69. The Hall–Kier alpha value is -1.02. The SMILES string of the molecule is CN1CCc2cc(CC3CCCC3N)ccc21. The fourth-order valence-corrected chi connectivity index (χ4v) is 3.37. The maximum Gasteiger partial charge on any atom is 0.0397 e. The summed E-state index contributed by atoms with van der Waals surface area (Å²) in [6, 6.07) is 7.43. The molecular formula is C15H22N2. The highest BCUT2D eigenvalue weighted by Crippen LogP contribution is 2.31. The van der Waals surface area contributed by atoms with Crippen LogP contribution in [0.25, 0.3) is 0 Å². The minimum atomic E-state index is 0.436.